The van der Waals surface area contributed by atoms with Crippen LogP contribution in [0.25, 0.3) is 0 Å². The van der Waals surface area contributed by atoms with E-state index in [0.717, 1.165) is 0 Å². The molecule has 1 heterocycles. The quantitative estimate of drug-likeness (QED) is 0.610. The molecule has 1 fully saturated rings. The van der Waals surface area contributed by atoms with Gasteiger partial charge in [0.2, 0.25) is 5.91 Å². The van der Waals surface area contributed by atoms with Crippen molar-refractivity contribution in [1.82, 2.24) is 5.32 Å². The van der Waals surface area contributed by atoms with Crippen LogP contribution in [0, 0.1) is 10.1 Å². The lowest BCUT2D eigenvalue weighted by Gasteiger charge is -2.23. The van der Waals surface area contributed by atoms with Crippen LogP contribution in [0.3, 0.4) is 0 Å². The summed E-state index contributed by atoms with van der Waals surface area (Å²) in [6.07, 6.45) is 0.0379. The van der Waals surface area contributed by atoms with E-state index in [-0.39, 0.29) is 29.5 Å². The molecule has 0 aliphatic carbocycles. The Morgan fingerprint density at radius 2 is 2.05 bits per heavy atom. The van der Waals surface area contributed by atoms with Crippen LogP contribution >= 0.6 is 0 Å². The maximum absolute atomic E-state index is 11.8. The van der Waals surface area contributed by atoms with Crippen molar-refractivity contribution in [3.63, 3.8) is 0 Å². The SMILES string of the molecule is O=C(CC1CS(=O)(=O)CCN1)Nc1ccc([N+](=O)[O-])cc1. The van der Waals surface area contributed by atoms with Gasteiger partial charge in [-0.1, -0.05) is 0 Å². The molecule has 1 amide bonds. The third kappa shape index (κ3) is 4.50. The summed E-state index contributed by atoms with van der Waals surface area (Å²) in [7, 11) is -3.08. The number of nitrogens with one attached hydrogen (secondary N) is 2. The number of hydrogen-bond acceptors (Lipinski definition) is 6. The number of carbonyl (C=O) groups is 1. The average Bonchev–Trinajstić information content (AvgIpc) is 2.37. The lowest BCUT2D eigenvalue weighted by atomic mass is 10.2. The molecule has 1 aliphatic heterocycles. The first-order valence-electron chi connectivity index (χ1n) is 6.34. The fraction of sp³-hybridized carbons (Fsp3) is 0.417. The first-order chi connectivity index (χ1) is 9.85. The molecule has 9 heteroatoms. The molecule has 0 spiro atoms. The van der Waals surface area contributed by atoms with Gasteiger partial charge in [-0.25, -0.2) is 8.42 Å². The number of hydrogen-bond donors (Lipinski definition) is 2. The summed E-state index contributed by atoms with van der Waals surface area (Å²) in [6.45, 7) is 0.345. The van der Waals surface area contributed by atoms with Gasteiger partial charge in [0.05, 0.1) is 16.4 Å². The van der Waals surface area contributed by atoms with Gasteiger partial charge in [0.1, 0.15) is 0 Å². The molecule has 2 rings (SSSR count). The molecule has 1 aliphatic rings. The second kappa shape index (κ2) is 6.19. The highest BCUT2D eigenvalue weighted by atomic mass is 32.2. The number of benzene rings is 1. The Bertz CT molecular complexity index is 641. The van der Waals surface area contributed by atoms with E-state index in [1.54, 1.807) is 0 Å². The molecule has 8 nitrogen and oxygen atoms in total. The number of nitro groups is 1. The van der Waals surface area contributed by atoms with Crippen LogP contribution in [0.15, 0.2) is 24.3 Å². The number of rotatable bonds is 4. The maximum atomic E-state index is 11.8. The minimum atomic E-state index is -3.08. The molecule has 0 bridgehead atoms. The number of anilines is 1. The Kier molecular flexibility index (Phi) is 4.53. The molecular weight excluding hydrogens is 298 g/mol. The molecule has 1 saturated heterocycles. The maximum Gasteiger partial charge on any atom is 0.269 e. The fourth-order valence-electron chi connectivity index (χ4n) is 2.10. The number of amides is 1. The zero-order valence-corrected chi connectivity index (χ0v) is 11.9. The average molecular weight is 313 g/mol. The fourth-order valence-corrected chi connectivity index (χ4v) is 3.54. The number of non-ortho nitro benzene ring substituents is 1. The largest absolute Gasteiger partial charge is 0.326 e. The van der Waals surface area contributed by atoms with E-state index in [2.05, 4.69) is 10.6 Å². The summed E-state index contributed by atoms with van der Waals surface area (Å²) in [6, 6.07) is 5.04. The van der Waals surface area contributed by atoms with Crippen molar-refractivity contribution in [2.75, 3.05) is 23.4 Å². The van der Waals surface area contributed by atoms with Gasteiger partial charge in [-0.2, -0.15) is 0 Å². The minimum Gasteiger partial charge on any atom is -0.326 e. The topological polar surface area (TPSA) is 118 Å². The van der Waals surface area contributed by atoms with Gasteiger partial charge in [-0.15, -0.1) is 0 Å². The van der Waals surface area contributed by atoms with Crippen molar-refractivity contribution >= 4 is 27.1 Å². The van der Waals surface area contributed by atoms with Crippen molar-refractivity contribution in [3.05, 3.63) is 34.4 Å². The predicted molar refractivity (Wildman–Crippen MR) is 76.8 cm³/mol. The molecule has 114 valence electrons. The molecule has 1 aromatic rings. The van der Waals surface area contributed by atoms with Gasteiger partial charge in [-0.3, -0.25) is 14.9 Å². The van der Waals surface area contributed by atoms with Crippen LogP contribution < -0.4 is 10.6 Å². The predicted octanol–water partition coefficient (Wildman–Crippen LogP) is 0.310. The Morgan fingerprint density at radius 1 is 1.38 bits per heavy atom. The van der Waals surface area contributed by atoms with Gasteiger partial charge in [0.15, 0.2) is 9.84 Å². The van der Waals surface area contributed by atoms with Gasteiger partial charge in [0.25, 0.3) is 5.69 Å². The lowest BCUT2D eigenvalue weighted by Crippen LogP contribution is -2.46. The minimum absolute atomic E-state index is 0.0379. The van der Waals surface area contributed by atoms with E-state index in [4.69, 9.17) is 0 Å². The van der Waals surface area contributed by atoms with E-state index in [9.17, 15) is 23.3 Å². The monoisotopic (exact) mass is 313 g/mol. The molecular formula is C12H15N3O5S. The second-order valence-corrected chi connectivity index (χ2v) is 7.05. The number of nitrogens with zero attached hydrogens (tertiary/aromatic N) is 1. The first-order valence-corrected chi connectivity index (χ1v) is 8.16. The van der Waals surface area contributed by atoms with E-state index in [1.807, 2.05) is 0 Å². The summed E-state index contributed by atoms with van der Waals surface area (Å²) in [5.74, 6) is -0.299. The summed E-state index contributed by atoms with van der Waals surface area (Å²) in [5, 5.41) is 16.1. The molecule has 1 aromatic carbocycles. The van der Waals surface area contributed by atoms with Crippen molar-refractivity contribution in [2.24, 2.45) is 0 Å². The molecule has 1 unspecified atom stereocenters. The third-order valence-corrected chi connectivity index (χ3v) is 4.83. The van der Waals surface area contributed by atoms with Crippen molar-refractivity contribution < 1.29 is 18.1 Å². The summed E-state index contributed by atoms with van der Waals surface area (Å²) in [4.78, 5) is 21.8. The van der Waals surface area contributed by atoms with Crippen molar-refractivity contribution in [2.45, 2.75) is 12.5 Å². The van der Waals surface area contributed by atoms with Gasteiger partial charge in [0, 0.05) is 36.8 Å². The van der Waals surface area contributed by atoms with Gasteiger partial charge >= 0.3 is 0 Å². The Labute approximate surface area is 121 Å². The zero-order valence-electron chi connectivity index (χ0n) is 11.1. The van der Waals surface area contributed by atoms with Crippen LogP contribution in [-0.4, -0.2) is 43.3 Å². The first kappa shape index (κ1) is 15.4. The van der Waals surface area contributed by atoms with Crippen molar-refractivity contribution in [1.29, 1.82) is 0 Å². The highest BCUT2D eigenvalue weighted by molar-refractivity contribution is 7.91. The van der Waals surface area contributed by atoms with E-state index in [1.165, 1.54) is 24.3 Å². The zero-order chi connectivity index (χ0) is 15.5. The van der Waals surface area contributed by atoms with Gasteiger partial charge in [-0.05, 0) is 12.1 Å². The van der Waals surface area contributed by atoms with Crippen LogP contribution in [0.5, 0.6) is 0 Å². The highest BCUT2D eigenvalue weighted by Crippen LogP contribution is 2.16. The molecule has 21 heavy (non-hydrogen) atoms. The van der Waals surface area contributed by atoms with Crippen LogP contribution in [0.2, 0.25) is 0 Å². The third-order valence-electron chi connectivity index (χ3n) is 3.09. The molecule has 0 aromatic heterocycles. The standard InChI is InChI=1S/C12H15N3O5S/c16-12(7-10-8-21(19,20)6-5-13-10)14-9-1-3-11(4-2-9)15(17)18/h1-4,10,13H,5-8H2,(H,14,16). The molecule has 0 saturated carbocycles. The number of carbonyl (C=O) groups excluding carboxylic acids is 1. The van der Waals surface area contributed by atoms with Crippen LogP contribution in [0.4, 0.5) is 11.4 Å². The highest BCUT2D eigenvalue weighted by Gasteiger charge is 2.25. The van der Waals surface area contributed by atoms with E-state index in [0.29, 0.717) is 12.2 Å². The summed E-state index contributed by atoms with van der Waals surface area (Å²) < 4.78 is 22.9. The molecule has 0 radical (unpaired) electrons. The smallest absolute Gasteiger partial charge is 0.269 e. The molecule has 2 N–H and O–H groups in total. The van der Waals surface area contributed by atoms with Crippen LogP contribution in [-0.2, 0) is 14.6 Å². The Hall–Kier alpha value is -2.00. The Balaban J connectivity index is 1.91. The van der Waals surface area contributed by atoms with E-state index < -0.39 is 20.8 Å². The molecule has 1 atom stereocenters. The van der Waals surface area contributed by atoms with Crippen LogP contribution in [0.1, 0.15) is 6.42 Å². The number of nitro benzene ring substituents is 1. The second-order valence-electron chi connectivity index (χ2n) is 4.82. The number of sulfone groups is 1. The lowest BCUT2D eigenvalue weighted by molar-refractivity contribution is -0.384. The summed E-state index contributed by atoms with van der Waals surface area (Å²) in [5.41, 5.74) is 0.373. The summed E-state index contributed by atoms with van der Waals surface area (Å²) >= 11 is 0. The van der Waals surface area contributed by atoms with Crippen molar-refractivity contribution in [3.8, 4) is 0 Å². The van der Waals surface area contributed by atoms with E-state index >= 15 is 0 Å². The Morgan fingerprint density at radius 3 is 2.62 bits per heavy atom. The van der Waals surface area contributed by atoms with Gasteiger partial charge < -0.3 is 10.6 Å². The normalized spacial score (nSPS) is 20.7.